The van der Waals surface area contributed by atoms with Crippen LogP contribution in [0.1, 0.15) is 47.3 Å². The first-order valence-electron chi connectivity index (χ1n) is 12.8. The molecule has 39 heavy (non-hydrogen) atoms. The van der Waals surface area contributed by atoms with Gasteiger partial charge in [0.05, 0.1) is 29.7 Å². The first-order valence-corrected chi connectivity index (χ1v) is 13.2. The predicted octanol–water partition coefficient (Wildman–Crippen LogP) is 4.04. The van der Waals surface area contributed by atoms with Crippen LogP contribution in [-0.4, -0.2) is 65.7 Å². The van der Waals surface area contributed by atoms with Crippen LogP contribution in [0.25, 0.3) is 0 Å². The Morgan fingerprint density at radius 3 is 2.54 bits per heavy atom. The van der Waals surface area contributed by atoms with Crippen LogP contribution >= 0.6 is 12.2 Å². The maximum atomic E-state index is 13.8. The number of hydrogen-bond donors (Lipinski definition) is 1. The van der Waals surface area contributed by atoms with E-state index >= 15 is 0 Å². The van der Waals surface area contributed by atoms with Crippen LogP contribution in [0.4, 0.5) is 24.5 Å². The van der Waals surface area contributed by atoms with Crippen molar-refractivity contribution in [1.29, 1.82) is 0 Å². The highest BCUT2D eigenvalue weighted by molar-refractivity contribution is 7.81. The van der Waals surface area contributed by atoms with Crippen molar-refractivity contribution in [1.82, 2.24) is 15.2 Å². The van der Waals surface area contributed by atoms with Crippen molar-refractivity contribution in [2.75, 3.05) is 36.5 Å². The Balaban J connectivity index is 1.39. The Hall–Kier alpha value is -3.38. The minimum Gasteiger partial charge on any atom is -0.352 e. The molecule has 8 nitrogen and oxygen atoms in total. The summed E-state index contributed by atoms with van der Waals surface area (Å²) < 4.78 is 41.3. The average molecular weight is 559 g/mol. The normalized spacial score (nSPS) is 21.0. The van der Waals surface area contributed by atoms with Crippen LogP contribution in [0.2, 0.25) is 0 Å². The van der Waals surface area contributed by atoms with Crippen LogP contribution in [0.3, 0.4) is 0 Å². The third-order valence-corrected chi connectivity index (χ3v) is 8.17. The van der Waals surface area contributed by atoms with Crippen LogP contribution in [0.15, 0.2) is 41.5 Å². The lowest BCUT2D eigenvalue weighted by Crippen LogP contribution is -2.55. The Morgan fingerprint density at radius 1 is 1.26 bits per heavy atom. The molecule has 1 aromatic heterocycles. The summed E-state index contributed by atoms with van der Waals surface area (Å²) in [6.45, 7) is 5.52. The molecule has 1 atom stereocenters. The Morgan fingerprint density at radius 2 is 1.97 bits per heavy atom. The minimum absolute atomic E-state index is 0.0486. The molecule has 1 aliphatic carbocycles. The maximum Gasteiger partial charge on any atom is 0.418 e. The zero-order valence-electron chi connectivity index (χ0n) is 21.5. The molecule has 1 saturated carbocycles. The van der Waals surface area contributed by atoms with Crippen molar-refractivity contribution >= 4 is 47.2 Å². The number of likely N-dealkylation sites (tertiary alicyclic amines) is 1. The average Bonchev–Trinajstić information content (AvgIpc) is 3.39. The summed E-state index contributed by atoms with van der Waals surface area (Å²) >= 11 is 5.68. The number of amides is 2. The van der Waals surface area contributed by atoms with Gasteiger partial charge in [-0.25, -0.2) is 0 Å². The van der Waals surface area contributed by atoms with Crippen LogP contribution in [0, 0.1) is 5.92 Å². The highest BCUT2D eigenvalue weighted by Crippen LogP contribution is 2.48. The Labute approximate surface area is 229 Å². The van der Waals surface area contributed by atoms with E-state index in [4.69, 9.17) is 12.2 Å². The van der Waals surface area contributed by atoms with Crippen LogP contribution in [-0.2, 0) is 17.5 Å². The van der Waals surface area contributed by atoms with E-state index in [2.05, 4.69) is 34.0 Å². The molecule has 0 unspecified atom stereocenters. The van der Waals surface area contributed by atoms with Gasteiger partial charge < -0.3 is 15.1 Å². The van der Waals surface area contributed by atoms with Crippen molar-refractivity contribution < 1.29 is 22.8 Å². The summed E-state index contributed by atoms with van der Waals surface area (Å²) in [5, 5.41) is 3.06. The number of aromatic nitrogens is 1. The molecule has 5 rings (SSSR count). The monoisotopic (exact) mass is 558 g/mol. The van der Waals surface area contributed by atoms with Gasteiger partial charge in [0.1, 0.15) is 5.54 Å². The molecule has 3 heterocycles. The lowest BCUT2D eigenvalue weighted by atomic mass is 9.75. The third kappa shape index (κ3) is 4.91. The summed E-state index contributed by atoms with van der Waals surface area (Å²) in [7, 11) is 2.06. The molecule has 206 valence electrons. The van der Waals surface area contributed by atoms with E-state index in [1.54, 1.807) is 29.2 Å². The van der Waals surface area contributed by atoms with Gasteiger partial charge in [-0.15, -0.1) is 0 Å². The maximum absolute atomic E-state index is 13.8. The number of benzene rings is 1. The van der Waals surface area contributed by atoms with Crippen molar-refractivity contribution in [2.45, 2.75) is 43.9 Å². The molecule has 3 fully saturated rings. The molecule has 2 aliphatic heterocycles. The number of thiocarbonyl (C=S) groups is 1. The predicted molar refractivity (Wildman–Crippen MR) is 146 cm³/mol. The number of carbonyl (C=O) groups is 2. The molecular formula is C27H29F3N6O2S. The molecule has 3 aliphatic rings. The smallest absolute Gasteiger partial charge is 0.352 e. The van der Waals surface area contributed by atoms with Gasteiger partial charge in [-0.05, 0) is 94.5 Å². The molecule has 0 radical (unpaired) electrons. The number of halogens is 3. The summed E-state index contributed by atoms with van der Waals surface area (Å²) in [4.78, 5) is 38.9. The van der Waals surface area contributed by atoms with Crippen molar-refractivity contribution in [3.05, 3.63) is 53.3 Å². The summed E-state index contributed by atoms with van der Waals surface area (Å²) in [6.07, 6.45) is -0.623. The van der Waals surface area contributed by atoms with Gasteiger partial charge >= 0.3 is 6.18 Å². The minimum atomic E-state index is -4.69. The van der Waals surface area contributed by atoms with Gasteiger partial charge in [-0.3, -0.25) is 24.5 Å². The highest BCUT2D eigenvalue weighted by atomic mass is 32.1. The first-order chi connectivity index (χ1) is 18.5. The van der Waals surface area contributed by atoms with E-state index in [1.807, 2.05) is 0 Å². The molecule has 1 N–H and O–H groups in total. The number of rotatable bonds is 7. The number of pyridine rings is 1. The molecule has 12 heteroatoms. The van der Waals surface area contributed by atoms with E-state index in [0.717, 1.165) is 36.9 Å². The fraction of sp³-hybridized carbons (Fsp3) is 0.444. The van der Waals surface area contributed by atoms with Gasteiger partial charge in [0.2, 0.25) is 0 Å². The van der Waals surface area contributed by atoms with Gasteiger partial charge in [-0.2, -0.15) is 13.2 Å². The fourth-order valence-corrected chi connectivity index (χ4v) is 6.05. The SMILES string of the molecule is C=NCc1ncc(N2C(=O)C3(CCC3)N(c3ccc(C(=O)NC[C@@H]4CCN(C)C4)cc3)C2=S)cc1C(F)(F)F. The van der Waals surface area contributed by atoms with E-state index in [0.29, 0.717) is 36.6 Å². The molecule has 0 bridgehead atoms. The molecule has 1 aromatic carbocycles. The Kier molecular flexibility index (Phi) is 7.19. The van der Waals surface area contributed by atoms with Gasteiger partial charge in [-0.1, -0.05) is 0 Å². The molecule has 1 spiro atoms. The van der Waals surface area contributed by atoms with Gasteiger partial charge in [0, 0.05) is 24.3 Å². The lowest BCUT2D eigenvalue weighted by molar-refractivity contribution is -0.138. The number of nitrogens with one attached hydrogen (secondary N) is 1. The number of hydrogen-bond acceptors (Lipinski definition) is 6. The van der Waals surface area contributed by atoms with Crippen molar-refractivity contribution in [3.63, 3.8) is 0 Å². The van der Waals surface area contributed by atoms with Crippen molar-refractivity contribution in [2.24, 2.45) is 10.9 Å². The fourth-order valence-electron chi connectivity index (χ4n) is 5.58. The quantitative estimate of drug-likeness (QED) is 0.408. The van der Waals surface area contributed by atoms with Crippen LogP contribution in [0.5, 0.6) is 0 Å². The largest absolute Gasteiger partial charge is 0.418 e. The number of alkyl halides is 3. The number of carbonyl (C=O) groups excluding carboxylic acids is 2. The van der Waals surface area contributed by atoms with Crippen LogP contribution < -0.4 is 15.1 Å². The van der Waals surface area contributed by atoms with Gasteiger partial charge in [0.25, 0.3) is 11.8 Å². The second-order valence-electron chi connectivity index (χ2n) is 10.4. The van der Waals surface area contributed by atoms with E-state index in [1.165, 1.54) is 6.20 Å². The van der Waals surface area contributed by atoms with E-state index < -0.39 is 17.3 Å². The third-order valence-electron chi connectivity index (χ3n) is 7.80. The Bertz CT molecular complexity index is 1310. The number of nitrogens with zero attached hydrogens (tertiary/aromatic N) is 5. The van der Waals surface area contributed by atoms with Gasteiger partial charge in [0.15, 0.2) is 5.11 Å². The topological polar surface area (TPSA) is 81.1 Å². The summed E-state index contributed by atoms with van der Waals surface area (Å²) in [6, 6.07) is 7.68. The summed E-state index contributed by atoms with van der Waals surface area (Å²) in [5.41, 5.74) is -1.21. The highest BCUT2D eigenvalue weighted by Gasteiger charge is 2.59. The first kappa shape index (κ1) is 27.2. The second kappa shape index (κ2) is 10.3. The standard InChI is InChI=1S/C27H29F3N6O2S/c1-31-15-22-21(27(28,29)30)12-20(14-32-22)35-24(38)26(9-3-10-26)36(25(35)39)19-6-4-18(5-7-19)23(37)33-13-17-8-11-34(2)16-17/h4-7,12,14,17H,1,3,8-11,13,15-16H2,2H3,(H,33,37)/t17-/m0/s1. The molecular weight excluding hydrogens is 529 g/mol. The molecule has 2 aromatic rings. The molecule has 2 saturated heterocycles. The van der Waals surface area contributed by atoms with Crippen molar-refractivity contribution in [3.8, 4) is 0 Å². The lowest BCUT2D eigenvalue weighted by Gasteiger charge is -2.43. The zero-order valence-corrected chi connectivity index (χ0v) is 22.3. The number of aliphatic imine (C=N–C) groups is 1. The van der Waals surface area contributed by atoms with E-state index in [9.17, 15) is 22.8 Å². The summed E-state index contributed by atoms with van der Waals surface area (Å²) in [5.74, 6) is -0.146. The molecule has 2 amide bonds. The number of anilines is 2. The zero-order chi connectivity index (χ0) is 27.9. The second-order valence-corrected chi connectivity index (χ2v) is 10.7. The van der Waals surface area contributed by atoms with E-state index in [-0.39, 0.29) is 34.9 Å².